The fraction of sp³-hybridized carbons (Fsp3) is 0.802. The Balaban J connectivity index is 0.000000341. The number of nitrogens with two attached hydrogens (primary N) is 1. The molecule has 7 aliphatic rings. The molecule has 7 aliphatic heterocycles. The zero-order valence-electron chi connectivity index (χ0n) is 72.3. The molecule has 642 valence electrons. The molecule has 28 nitrogen and oxygen atoms in total. The summed E-state index contributed by atoms with van der Waals surface area (Å²) in [6.07, 6.45) is 8.77. The van der Waals surface area contributed by atoms with E-state index in [0.717, 1.165) is 25.7 Å². The molecule has 0 radical (unpaired) electrons. The van der Waals surface area contributed by atoms with Crippen molar-refractivity contribution in [2.75, 3.05) is 11.9 Å². The quantitative estimate of drug-likeness (QED) is 0.0993. The molecule has 7 saturated heterocycles. The van der Waals surface area contributed by atoms with E-state index in [4.69, 9.17) is 37.4 Å². The minimum atomic E-state index is -3.60. The highest BCUT2D eigenvalue weighted by Gasteiger charge is 2.52. The van der Waals surface area contributed by atoms with Crippen molar-refractivity contribution in [3.05, 3.63) is 59.1 Å². The standard InChI is InChI=1S/C17H24N2O4.C15H23ClN2O3S.C12H23NO4.C10H19NO3.C9H20N2O.C9H19NO2.C9H19NO/c1-16(2)9-12(10-17(3,4)19(16)23)14(20)18-13-7-5-6-11(8-13)15(21)22;1-14(2)9-12(10-15(3,4)18(14)19)17-22(20,21)13-7-5-11(16)6-8-13;1-11(2)7-9(17-6-5-10(14)15)8-12(3,4)13(11)16;1-9(2)5-7(8(12)13)6-10(3,4)11(9)14;1-8(2)5-7(10)6-9(3,4)11(8)12;1-8(2)5-7(11)6-9(3,4)10(8)12;1-8(2)5-7(11)6-9(3,4)10-8/h5-8,12,23H,9-10H2,1-4H3,(H,18,20)(H,21,22);5-8,12,17,19H,9-10H2,1-4H3;9,16H,5-8H2,1-4H3,(H,14,15);7,14H,5-6H2,1-4H3,(H,12,13);7,12H,5-6,10H2,1-4H3;7,11-12H,5-6H2,1-4H3;7,10-11H,5-6H2,1-4H3. The van der Waals surface area contributed by atoms with Crippen molar-refractivity contribution in [2.45, 2.75) is 403 Å². The molecule has 9 rings (SSSR count). The Bertz CT molecular complexity index is 3350. The van der Waals surface area contributed by atoms with E-state index in [9.17, 15) is 69.1 Å². The van der Waals surface area contributed by atoms with Crippen LogP contribution in [0.2, 0.25) is 5.02 Å². The van der Waals surface area contributed by atoms with Gasteiger partial charge in [-0.05, 0) is 326 Å². The number of hydrogen-bond acceptors (Lipinski definition) is 23. The monoisotopic (exact) mass is 1620 g/mol. The van der Waals surface area contributed by atoms with Crippen LogP contribution in [0.5, 0.6) is 0 Å². The lowest BCUT2D eigenvalue weighted by atomic mass is 9.75. The Labute approximate surface area is 668 Å². The van der Waals surface area contributed by atoms with Crippen LogP contribution >= 0.6 is 11.6 Å². The van der Waals surface area contributed by atoms with Crippen molar-refractivity contribution in [1.82, 2.24) is 40.4 Å². The molecule has 0 unspecified atom stereocenters. The highest BCUT2D eigenvalue weighted by atomic mass is 35.5. The maximum Gasteiger partial charge on any atom is 0.335 e. The molecule has 30 heteroatoms. The second-order valence-corrected chi connectivity index (χ2v) is 43.1. The number of hydroxylamine groups is 12. The highest BCUT2D eigenvalue weighted by molar-refractivity contribution is 7.89. The van der Waals surface area contributed by atoms with Crippen molar-refractivity contribution < 1.29 is 89.1 Å². The van der Waals surface area contributed by atoms with Crippen LogP contribution in [0, 0.1) is 11.8 Å². The summed E-state index contributed by atoms with van der Waals surface area (Å²) in [6.45, 7) is 55.1. The zero-order valence-corrected chi connectivity index (χ0v) is 73.9. The number of benzene rings is 2. The molecule has 0 spiro atoms. The average Bonchev–Trinajstić information content (AvgIpc) is 0.786. The largest absolute Gasteiger partial charge is 0.481 e. The molecule has 0 saturated carbocycles. The Kier molecular flexibility index (Phi) is 33.9. The van der Waals surface area contributed by atoms with Gasteiger partial charge in [0.15, 0.2) is 0 Å². The van der Waals surface area contributed by atoms with Crippen molar-refractivity contribution in [1.29, 1.82) is 0 Å². The molecule has 7 heterocycles. The summed E-state index contributed by atoms with van der Waals surface area (Å²) < 4.78 is 33.3. The lowest BCUT2D eigenvalue weighted by Crippen LogP contribution is -2.62. The van der Waals surface area contributed by atoms with Crippen LogP contribution in [0.15, 0.2) is 53.4 Å². The predicted molar refractivity (Wildman–Crippen MR) is 431 cm³/mol. The predicted octanol–water partition coefficient (Wildman–Crippen LogP) is 13.7. The Morgan fingerprint density at radius 1 is 0.468 bits per heavy atom. The second kappa shape index (κ2) is 37.2. The molecule has 0 aromatic heterocycles. The van der Waals surface area contributed by atoms with Crippen LogP contribution < -0.4 is 21.1 Å². The number of sulfonamides is 1. The first-order chi connectivity index (χ1) is 49.6. The molecule has 111 heavy (non-hydrogen) atoms. The van der Waals surface area contributed by atoms with Crippen molar-refractivity contribution in [3.63, 3.8) is 0 Å². The van der Waals surface area contributed by atoms with Gasteiger partial charge in [0.25, 0.3) is 0 Å². The minimum absolute atomic E-state index is 0.00255. The summed E-state index contributed by atoms with van der Waals surface area (Å²) in [6, 6.07) is 12.2. The number of ether oxygens (including phenoxy) is 1. The van der Waals surface area contributed by atoms with E-state index in [-0.39, 0.29) is 116 Å². The maximum absolute atomic E-state index is 12.6. The van der Waals surface area contributed by atoms with Gasteiger partial charge in [-0.25, -0.2) is 17.9 Å². The summed E-state index contributed by atoms with van der Waals surface area (Å²) in [5, 5.41) is 121. The van der Waals surface area contributed by atoms with E-state index in [2.05, 4.69) is 43.1 Å². The van der Waals surface area contributed by atoms with E-state index >= 15 is 0 Å². The van der Waals surface area contributed by atoms with Gasteiger partial charge in [-0.1, -0.05) is 17.7 Å². The Hall–Kier alpha value is -4.16. The van der Waals surface area contributed by atoms with Crippen LogP contribution in [0.4, 0.5) is 5.69 Å². The molecule has 0 bridgehead atoms. The van der Waals surface area contributed by atoms with Crippen LogP contribution in [0.25, 0.3) is 0 Å². The van der Waals surface area contributed by atoms with Gasteiger partial charge >= 0.3 is 17.9 Å². The third-order valence-electron chi connectivity index (χ3n) is 22.2. The number of carboxylic acid groups (broad SMARTS) is 3. The number of nitrogens with zero attached hydrogens (tertiary/aromatic N) is 6. The molecule has 16 N–H and O–H groups in total. The number of rotatable bonds is 11. The number of carbonyl (C=O) groups excluding carboxylic acids is 1. The Morgan fingerprint density at radius 3 is 1.14 bits per heavy atom. The Morgan fingerprint density at radius 2 is 0.793 bits per heavy atom. The van der Waals surface area contributed by atoms with Gasteiger partial charge in [-0.2, -0.15) is 30.4 Å². The first kappa shape index (κ1) is 101. The molecule has 0 aliphatic carbocycles. The van der Waals surface area contributed by atoms with E-state index in [0.29, 0.717) is 74.9 Å². The summed E-state index contributed by atoms with van der Waals surface area (Å²) in [5.41, 5.74) is 2.00. The van der Waals surface area contributed by atoms with Gasteiger partial charge in [-0.3, -0.25) is 14.4 Å². The van der Waals surface area contributed by atoms with Gasteiger partial charge in [0, 0.05) is 106 Å². The SMILES string of the molecule is CC1(C)CC(C(=O)Nc2cccc(C(=O)O)c2)CC(C)(C)N1O.CC1(C)CC(C(=O)O)CC(C)(C)N1O.CC1(C)CC(N)CC(C)(C)N1O.CC1(C)CC(NS(=O)(=O)c2ccc(Cl)cc2)CC(C)(C)N1O.CC1(C)CC(O)CC(C)(C)N1.CC1(C)CC(O)CC(C)(C)N1O.CC1(C)CC(OCCC(=O)O)CC(C)(C)N1O. The molecular weight excluding hydrogens is 1470 g/mol. The van der Waals surface area contributed by atoms with Gasteiger partial charge in [0.2, 0.25) is 15.9 Å². The average molecular weight is 1620 g/mol. The van der Waals surface area contributed by atoms with Crippen LogP contribution in [-0.4, -0.2) is 234 Å². The number of piperidine rings is 7. The number of carbonyl (C=O) groups is 4. The van der Waals surface area contributed by atoms with Crippen molar-refractivity contribution in [2.24, 2.45) is 17.6 Å². The lowest BCUT2D eigenvalue weighted by molar-refractivity contribution is -0.261. The third-order valence-corrected chi connectivity index (χ3v) is 24.0. The number of amides is 1. The van der Waals surface area contributed by atoms with E-state index in [1.54, 1.807) is 24.3 Å². The molecule has 0 atom stereocenters. The third kappa shape index (κ3) is 29.5. The number of aliphatic hydroxyl groups is 2. The van der Waals surface area contributed by atoms with Gasteiger partial charge < -0.3 is 77.9 Å². The number of aromatic carboxylic acids is 1. The minimum Gasteiger partial charge on any atom is -0.481 e. The summed E-state index contributed by atoms with van der Waals surface area (Å²) in [5.74, 6) is -3.40. The number of nitrogens with one attached hydrogen (secondary N) is 3. The molecule has 7 fully saturated rings. The zero-order chi connectivity index (χ0) is 86.4. The normalized spacial score (nSPS) is 25.7. The fourth-order valence-corrected chi connectivity index (χ4v) is 19.9. The van der Waals surface area contributed by atoms with Crippen LogP contribution in [0.3, 0.4) is 0 Å². The van der Waals surface area contributed by atoms with E-state index in [1.807, 2.05) is 166 Å². The lowest BCUT2D eigenvalue weighted by Gasteiger charge is -2.51. The number of aliphatic carboxylic acids is 2. The molecule has 2 aromatic carbocycles. The molecule has 1 amide bonds. The smallest absolute Gasteiger partial charge is 0.335 e. The number of aliphatic hydroxyl groups excluding tert-OH is 2. The summed E-state index contributed by atoms with van der Waals surface area (Å²) in [7, 11) is -3.60. The highest BCUT2D eigenvalue weighted by Crippen LogP contribution is 2.44. The maximum atomic E-state index is 12.6. The van der Waals surface area contributed by atoms with Crippen molar-refractivity contribution >= 4 is 51.1 Å². The second-order valence-electron chi connectivity index (χ2n) is 41.0. The van der Waals surface area contributed by atoms with Gasteiger partial charge in [0.05, 0.1) is 47.7 Å². The fourth-order valence-electron chi connectivity index (χ4n) is 18.6. The topological polar surface area (TPSA) is 416 Å². The summed E-state index contributed by atoms with van der Waals surface area (Å²) in [4.78, 5) is 45.1. The summed E-state index contributed by atoms with van der Waals surface area (Å²) >= 11 is 5.80. The van der Waals surface area contributed by atoms with Crippen LogP contribution in [-0.2, 0) is 29.1 Å². The number of anilines is 1. The number of carboxylic acids is 3. The van der Waals surface area contributed by atoms with Crippen LogP contribution in [0.1, 0.15) is 301 Å². The van der Waals surface area contributed by atoms with Gasteiger partial charge in [-0.15, -0.1) is 0 Å². The number of halogens is 1. The van der Waals surface area contributed by atoms with E-state index < -0.39 is 61.2 Å². The van der Waals surface area contributed by atoms with Gasteiger partial charge in [0.1, 0.15) is 0 Å². The molecule has 2 aromatic rings. The first-order valence-corrected chi connectivity index (χ1v) is 40.8. The van der Waals surface area contributed by atoms with E-state index in [1.165, 1.54) is 54.6 Å². The first-order valence-electron chi connectivity index (χ1n) is 39.0. The van der Waals surface area contributed by atoms with Crippen molar-refractivity contribution in [3.8, 4) is 0 Å². The number of hydrogen-bond donors (Lipinski definition) is 15. The molecular formula is C81H147ClN10O18S.